The third kappa shape index (κ3) is 2.67. The van der Waals surface area contributed by atoms with Gasteiger partial charge in [0.2, 0.25) is 0 Å². The summed E-state index contributed by atoms with van der Waals surface area (Å²) in [5.74, 6) is 0. The van der Waals surface area contributed by atoms with E-state index in [1.54, 1.807) is 0 Å². The molecule has 0 heterocycles. The minimum Gasteiger partial charge on any atom is -0.119 e. The predicted octanol–water partition coefficient (Wildman–Crippen LogP) is 3.02. The molecule has 0 radical (unpaired) electrons. The number of rotatable bonds is 2. The van der Waals surface area contributed by atoms with E-state index in [4.69, 9.17) is 0 Å². The summed E-state index contributed by atoms with van der Waals surface area (Å²) in [7, 11) is 1.26. The zero-order valence-electron chi connectivity index (χ0n) is 6.32. The van der Waals surface area contributed by atoms with E-state index in [-0.39, 0.29) is 0 Å². The van der Waals surface area contributed by atoms with Crippen molar-refractivity contribution in [1.82, 2.24) is 0 Å². The lowest BCUT2D eigenvalue weighted by Gasteiger charge is -2.20. The van der Waals surface area contributed by atoms with E-state index < -0.39 is 0 Å². The summed E-state index contributed by atoms with van der Waals surface area (Å²) >= 11 is 0. The van der Waals surface area contributed by atoms with Crippen LogP contribution in [0.5, 0.6) is 0 Å². The first-order chi connectivity index (χ1) is 4.43. The molecule has 1 fully saturated rings. The van der Waals surface area contributed by atoms with Crippen LogP contribution in [-0.4, -0.2) is 11.8 Å². The minimum atomic E-state index is 1.13. The van der Waals surface area contributed by atoms with E-state index in [2.05, 4.69) is 6.92 Å². The molecule has 1 atom stereocenters. The van der Waals surface area contributed by atoms with Crippen LogP contribution in [0.3, 0.4) is 0 Å². The molecule has 0 nitrogen and oxygen atoms in total. The summed E-state index contributed by atoms with van der Waals surface area (Å²) in [5, 5.41) is 0. The Labute approximate surface area is 60.2 Å². The first kappa shape index (κ1) is 7.54. The molecule has 1 heteroatoms. The predicted molar refractivity (Wildman–Crippen MR) is 45.7 cm³/mol. The minimum absolute atomic E-state index is 1.13. The Kier molecular flexibility index (Phi) is 3.58. The third-order valence-electron chi connectivity index (χ3n) is 2.10. The lowest BCUT2D eigenvalue weighted by atomic mass is 10.0. The van der Waals surface area contributed by atoms with Gasteiger partial charge in [0.25, 0.3) is 0 Å². The van der Waals surface area contributed by atoms with Crippen molar-refractivity contribution in [3.8, 4) is 0 Å². The maximum atomic E-state index is 2.31. The van der Waals surface area contributed by atoms with Gasteiger partial charge in [0.1, 0.15) is 0 Å². The average Bonchev–Trinajstić information content (AvgIpc) is 1.91. The molecule has 1 aliphatic rings. The summed E-state index contributed by atoms with van der Waals surface area (Å²) < 4.78 is 0. The molecule has 0 aliphatic heterocycles. The van der Waals surface area contributed by atoms with Crippen molar-refractivity contribution in [3.63, 3.8) is 0 Å². The van der Waals surface area contributed by atoms with Crippen LogP contribution in [0.4, 0.5) is 0 Å². The van der Waals surface area contributed by atoms with Crippen molar-refractivity contribution in [1.29, 1.82) is 0 Å². The van der Waals surface area contributed by atoms with Crippen molar-refractivity contribution < 1.29 is 0 Å². The van der Waals surface area contributed by atoms with Crippen LogP contribution in [0.1, 0.15) is 39.0 Å². The van der Waals surface area contributed by atoms with Crippen molar-refractivity contribution >= 4 is 8.58 Å². The first-order valence-electron chi connectivity index (χ1n) is 4.17. The normalized spacial score (nSPS) is 23.7. The highest BCUT2D eigenvalue weighted by Crippen LogP contribution is 2.31. The molecule has 1 rings (SSSR count). The van der Waals surface area contributed by atoms with Crippen LogP contribution in [-0.2, 0) is 0 Å². The molecule has 1 unspecified atom stereocenters. The largest absolute Gasteiger partial charge is 0.119 e. The van der Waals surface area contributed by atoms with Gasteiger partial charge in [-0.05, 0) is 24.7 Å². The second-order valence-electron chi connectivity index (χ2n) is 2.89. The Morgan fingerprint density at radius 1 is 1.22 bits per heavy atom. The second-order valence-corrected chi connectivity index (χ2v) is 4.82. The molecular formula is C8H17P. The zero-order valence-corrected chi connectivity index (χ0v) is 7.32. The van der Waals surface area contributed by atoms with Crippen LogP contribution in [0.2, 0.25) is 0 Å². The maximum Gasteiger partial charge on any atom is -0.0237 e. The van der Waals surface area contributed by atoms with Gasteiger partial charge in [-0.3, -0.25) is 0 Å². The van der Waals surface area contributed by atoms with E-state index in [1.165, 1.54) is 46.8 Å². The van der Waals surface area contributed by atoms with E-state index in [0.717, 1.165) is 5.66 Å². The summed E-state index contributed by atoms with van der Waals surface area (Å²) in [6, 6.07) is 0. The van der Waals surface area contributed by atoms with Gasteiger partial charge in [-0.25, -0.2) is 0 Å². The van der Waals surface area contributed by atoms with E-state index in [9.17, 15) is 0 Å². The Bertz CT molecular complexity index is 62.2. The molecule has 0 spiro atoms. The van der Waals surface area contributed by atoms with E-state index >= 15 is 0 Å². The van der Waals surface area contributed by atoms with Crippen LogP contribution in [0.25, 0.3) is 0 Å². The third-order valence-corrected chi connectivity index (χ3v) is 3.66. The molecule has 0 aromatic carbocycles. The zero-order chi connectivity index (χ0) is 6.53. The molecule has 0 saturated heterocycles. The van der Waals surface area contributed by atoms with Gasteiger partial charge in [0, 0.05) is 0 Å². The molecule has 0 aromatic heterocycles. The molecule has 9 heavy (non-hydrogen) atoms. The Balaban J connectivity index is 2.08. The average molecular weight is 144 g/mol. The summed E-state index contributed by atoms with van der Waals surface area (Å²) in [6.45, 7) is 2.31. The number of hydrogen-bond donors (Lipinski definition) is 0. The monoisotopic (exact) mass is 144 g/mol. The Morgan fingerprint density at radius 2 is 1.89 bits per heavy atom. The molecule has 0 N–H and O–H groups in total. The van der Waals surface area contributed by atoms with Crippen molar-refractivity contribution in [2.24, 2.45) is 0 Å². The van der Waals surface area contributed by atoms with E-state index in [1.807, 2.05) is 0 Å². The van der Waals surface area contributed by atoms with Crippen LogP contribution < -0.4 is 0 Å². The smallest absolute Gasteiger partial charge is 0.0237 e. The fourth-order valence-electron chi connectivity index (χ4n) is 1.60. The Morgan fingerprint density at radius 3 is 2.44 bits per heavy atom. The van der Waals surface area contributed by atoms with Gasteiger partial charge in [0.05, 0.1) is 0 Å². The van der Waals surface area contributed by atoms with Gasteiger partial charge >= 0.3 is 0 Å². The SMILES string of the molecule is CCPC1CCCCC1. The fourth-order valence-corrected chi connectivity index (χ4v) is 2.99. The van der Waals surface area contributed by atoms with Crippen LogP contribution in [0.15, 0.2) is 0 Å². The van der Waals surface area contributed by atoms with Gasteiger partial charge < -0.3 is 0 Å². The lowest BCUT2D eigenvalue weighted by molar-refractivity contribution is 0.513. The van der Waals surface area contributed by atoms with Crippen molar-refractivity contribution in [2.45, 2.75) is 44.7 Å². The van der Waals surface area contributed by atoms with Crippen molar-refractivity contribution in [3.05, 3.63) is 0 Å². The van der Waals surface area contributed by atoms with Gasteiger partial charge in [-0.15, -0.1) is 8.58 Å². The molecular weight excluding hydrogens is 127 g/mol. The molecule has 0 aromatic rings. The second kappa shape index (κ2) is 4.28. The summed E-state index contributed by atoms with van der Waals surface area (Å²) in [5.41, 5.74) is 1.13. The summed E-state index contributed by atoms with van der Waals surface area (Å²) in [6.07, 6.45) is 9.02. The molecule has 0 amide bonds. The van der Waals surface area contributed by atoms with E-state index in [0.29, 0.717) is 0 Å². The van der Waals surface area contributed by atoms with Crippen LogP contribution >= 0.6 is 8.58 Å². The quantitative estimate of drug-likeness (QED) is 0.522. The standard InChI is InChI=1S/C8H17P/c1-2-9-8-6-4-3-5-7-8/h8-9H,2-7H2,1H3. The molecule has 1 saturated carbocycles. The lowest BCUT2D eigenvalue weighted by Crippen LogP contribution is -2.06. The molecule has 1 aliphatic carbocycles. The highest BCUT2D eigenvalue weighted by Gasteiger charge is 2.10. The van der Waals surface area contributed by atoms with Gasteiger partial charge in [0.15, 0.2) is 0 Å². The fraction of sp³-hybridized carbons (Fsp3) is 1.00. The highest BCUT2D eigenvalue weighted by molar-refractivity contribution is 7.38. The van der Waals surface area contributed by atoms with Crippen LogP contribution in [0, 0.1) is 0 Å². The first-order valence-corrected chi connectivity index (χ1v) is 5.45. The van der Waals surface area contributed by atoms with Crippen molar-refractivity contribution in [2.75, 3.05) is 6.16 Å². The molecule has 54 valence electrons. The van der Waals surface area contributed by atoms with Gasteiger partial charge in [-0.1, -0.05) is 26.2 Å². The Hall–Kier alpha value is 0.430. The summed E-state index contributed by atoms with van der Waals surface area (Å²) in [4.78, 5) is 0. The number of hydrogen-bond acceptors (Lipinski definition) is 0. The topological polar surface area (TPSA) is 0 Å². The highest BCUT2D eigenvalue weighted by atomic mass is 31.1. The molecule has 0 bridgehead atoms. The maximum absolute atomic E-state index is 2.31. The van der Waals surface area contributed by atoms with Gasteiger partial charge in [-0.2, -0.15) is 0 Å².